The van der Waals surface area contributed by atoms with E-state index in [1.807, 2.05) is 30.3 Å². The summed E-state index contributed by atoms with van der Waals surface area (Å²) in [6.45, 7) is 7.83. The summed E-state index contributed by atoms with van der Waals surface area (Å²) >= 11 is 0. The minimum Gasteiger partial charge on any atom is -0.337 e. The zero-order valence-corrected chi connectivity index (χ0v) is 13.3. The fourth-order valence-corrected chi connectivity index (χ4v) is 4.70. The second kappa shape index (κ2) is 4.84. The van der Waals surface area contributed by atoms with Gasteiger partial charge in [-0.2, -0.15) is 0 Å². The third-order valence-electron chi connectivity index (χ3n) is 5.12. The van der Waals surface area contributed by atoms with Crippen LogP contribution < -0.4 is 5.73 Å². The molecule has 1 saturated carbocycles. The molecule has 3 nitrogen and oxygen atoms in total. The second-order valence-electron chi connectivity index (χ2n) is 8.07. The van der Waals surface area contributed by atoms with E-state index in [0.29, 0.717) is 11.5 Å². The molecule has 0 aromatic heterocycles. The second-order valence-corrected chi connectivity index (χ2v) is 8.07. The number of carbonyl (C=O) groups is 1. The highest BCUT2D eigenvalue weighted by Crippen LogP contribution is 2.52. The van der Waals surface area contributed by atoms with Crippen molar-refractivity contribution in [1.82, 2.24) is 4.90 Å². The van der Waals surface area contributed by atoms with Gasteiger partial charge in [0, 0.05) is 12.6 Å². The summed E-state index contributed by atoms with van der Waals surface area (Å²) in [6.07, 6.45) is 3.42. The van der Waals surface area contributed by atoms with Gasteiger partial charge in [0.05, 0.1) is 0 Å². The van der Waals surface area contributed by atoms with Crippen LogP contribution >= 0.6 is 0 Å². The molecule has 1 amide bonds. The summed E-state index contributed by atoms with van der Waals surface area (Å²) in [5.41, 5.74) is 7.72. The normalized spacial score (nSPS) is 32.0. The molecule has 1 aromatic rings. The van der Waals surface area contributed by atoms with Crippen molar-refractivity contribution in [2.24, 2.45) is 16.6 Å². The van der Waals surface area contributed by atoms with Crippen LogP contribution in [0.15, 0.2) is 30.3 Å². The lowest BCUT2D eigenvalue weighted by molar-refractivity contribution is -0.133. The highest BCUT2D eigenvalue weighted by molar-refractivity contribution is 5.83. The zero-order chi connectivity index (χ0) is 15.3. The molecule has 2 unspecified atom stereocenters. The van der Waals surface area contributed by atoms with Crippen molar-refractivity contribution < 1.29 is 4.79 Å². The minimum atomic E-state index is -0.530. The van der Waals surface area contributed by atoms with Crippen molar-refractivity contribution >= 4 is 5.91 Å². The average molecular weight is 286 g/mol. The first-order valence-electron chi connectivity index (χ1n) is 7.91. The Labute approximate surface area is 127 Å². The maximum Gasteiger partial charge on any atom is 0.244 e. The number of nitrogens with two attached hydrogens (primary N) is 1. The molecular formula is C18H26N2O. The lowest BCUT2D eigenvalue weighted by Gasteiger charge is -2.39. The molecule has 114 valence electrons. The van der Waals surface area contributed by atoms with Gasteiger partial charge in [-0.1, -0.05) is 51.1 Å². The van der Waals surface area contributed by atoms with E-state index >= 15 is 0 Å². The fraction of sp³-hybridized carbons (Fsp3) is 0.611. The predicted molar refractivity (Wildman–Crippen MR) is 84.6 cm³/mol. The Hall–Kier alpha value is -1.35. The largest absolute Gasteiger partial charge is 0.337 e. The van der Waals surface area contributed by atoms with E-state index in [4.69, 9.17) is 5.73 Å². The molecule has 3 heteroatoms. The van der Waals surface area contributed by atoms with Crippen molar-refractivity contribution in [3.05, 3.63) is 35.9 Å². The number of hydrogen-bond acceptors (Lipinski definition) is 2. The molecular weight excluding hydrogens is 260 g/mol. The number of rotatable bonds is 2. The first-order valence-corrected chi connectivity index (χ1v) is 7.91. The first kappa shape index (κ1) is 14.6. The number of hydrogen-bond donors (Lipinski definition) is 1. The van der Waals surface area contributed by atoms with Crippen LogP contribution in [0.3, 0.4) is 0 Å². The van der Waals surface area contributed by atoms with Crippen LogP contribution in [0.25, 0.3) is 0 Å². The van der Waals surface area contributed by atoms with E-state index in [0.717, 1.165) is 24.9 Å². The summed E-state index contributed by atoms with van der Waals surface area (Å²) < 4.78 is 0. The van der Waals surface area contributed by atoms with Gasteiger partial charge in [-0.3, -0.25) is 4.79 Å². The Morgan fingerprint density at radius 3 is 2.57 bits per heavy atom. The van der Waals surface area contributed by atoms with Gasteiger partial charge in [-0.05, 0) is 35.7 Å². The summed E-state index contributed by atoms with van der Waals surface area (Å²) in [5.74, 6) is 0.0904. The number of likely N-dealkylation sites (tertiary alicyclic amines) is 1. The lowest BCUT2D eigenvalue weighted by atomic mass is 9.65. The van der Waals surface area contributed by atoms with Crippen LogP contribution in [0.1, 0.15) is 51.6 Å². The van der Waals surface area contributed by atoms with E-state index < -0.39 is 6.04 Å². The molecule has 3 atom stereocenters. The molecule has 2 aliphatic rings. The summed E-state index contributed by atoms with van der Waals surface area (Å²) in [5, 5.41) is 0. The smallest absolute Gasteiger partial charge is 0.244 e. The van der Waals surface area contributed by atoms with Crippen molar-refractivity contribution in [3.8, 4) is 0 Å². The molecule has 1 aromatic carbocycles. The van der Waals surface area contributed by atoms with E-state index in [1.165, 1.54) is 6.42 Å². The molecule has 21 heavy (non-hydrogen) atoms. The first-order chi connectivity index (χ1) is 9.80. The quantitative estimate of drug-likeness (QED) is 0.908. The van der Waals surface area contributed by atoms with Crippen LogP contribution in [0, 0.1) is 10.8 Å². The maximum absolute atomic E-state index is 12.8. The zero-order valence-electron chi connectivity index (χ0n) is 13.3. The Balaban J connectivity index is 1.80. The van der Waals surface area contributed by atoms with Crippen molar-refractivity contribution in [2.75, 3.05) is 6.54 Å². The predicted octanol–water partition coefficient (Wildman–Crippen LogP) is 3.11. The molecule has 1 saturated heterocycles. The number of fused-ring (bicyclic) bond motifs is 2. The number of carbonyl (C=O) groups excluding carboxylic acids is 1. The molecule has 1 heterocycles. The van der Waals surface area contributed by atoms with Gasteiger partial charge in [0.2, 0.25) is 5.91 Å². The van der Waals surface area contributed by atoms with Crippen molar-refractivity contribution in [1.29, 1.82) is 0 Å². The molecule has 0 spiro atoms. The van der Waals surface area contributed by atoms with Gasteiger partial charge in [-0.25, -0.2) is 0 Å². The van der Waals surface area contributed by atoms with Crippen LogP contribution in [-0.2, 0) is 4.79 Å². The fourth-order valence-electron chi connectivity index (χ4n) is 4.70. The number of amides is 1. The molecule has 2 N–H and O–H groups in total. The van der Waals surface area contributed by atoms with Crippen molar-refractivity contribution in [3.63, 3.8) is 0 Å². The van der Waals surface area contributed by atoms with Gasteiger partial charge >= 0.3 is 0 Å². The van der Waals surface area contributed by atoms with Crippen molar-refractivity contribution in [2.45, 2.75) is 52.1 Å². The highest BCUT2D eigenvalue weighted by atomic mass is 16.2. The van der Waals surface area contributed by atoms with Crippen LogP contribution in [0.4, 0.5) is 0 Å². The van der Waals surface area contributed by atoms with Gasteiger partial charge in [0.1, 0.15) is 6.04 Å². The third kappa shape index (κ3) is 2.71. The Bertz CT molecular complexity index is 539. The molecule has 0 radical (unpaired) electrons. The molecule has 2 bridgehead atoms. The number of benzene rings is 1. The molecule has 3 rings (SSSR count). The SMILES string of the molecule is CC1(C)CC2CC(C)(CN2C(=O)[C@H](N)c2ccccc2)C1. The van der Waals surface area contributed by atoms with Gasteiger partial charge < -0.3 is 10.6 Å². The van der Waals surface area contributed by atoms with Gasteiger partial charge in [0.15, 0.2) is 0 Å². The third-order valence-corrected chi connectivity index (χ3v) is 5.12. The monoisotopic (exact) mass is 286 g/mol. The standard InChI is InChI=1S/C18H26N2O/c1-17(2)9-14-10-18(3,11-17)12-20(14)16(21)15(19)13-7-5-4-6-8-13/h4-8,14-15H,9-12,19H2,1-3H3/t14?,15-,18?/m1/s1. The topological polar surface area (TPSA) is 46.3 Å². The van der Waals surface area contributed by atoms with Crippen LogP contribution in [0.2, 0.25) is 0 Å². The average Bonchev–Trinajstić information content (AvgIpc) is 2.67. The Morgan fingerprint density at radius 1 is 1.24 bits per heavy atom. The van der Waals surface area contributed by atoms with Gasteiger partial charge in [-0.15, -0.1) is 0 Å². The number of nitrogens with zero attached hydrogens (tertiary/aromatic N) is 1. The Kier molecular flexibility index (Phi) is 3.36. The van der Waals surface area contributed by atoms with E-state index in [9.17, 15) is 4.79 Å². The Morgan fingerprint density at radius 2 is 1.90 bits per heavy atom. The van der Waals surface area contributed by atoms with E-state index in [2.05, 4.69) is 25.7 Å². The molecule has 1 aliphatic carbocycles. The summed E-state index contributed by atoms with van der Waals surface area (Å²) in [6, 6.07) is 9.54. The summed E-state index contributed by atoms with van der Waals surface area (Å²) in [7, 11) is 0. The highest BCUT2D eigenvalue weighted by Gasteiger charge is 2.51. The van der Waals surface area contributed by atoms with E-state index in [-0.39, 0.29) is 11.3 Å². The van der Waals surface area contributed by atoms with Gasteiger partial charge in [0.25, 0.3) is 0 Å². The minimum absolute atomic E-state index is 0.0904. The summed E-state index contributed by atoms with van der Waals surface area (Å²) in [4.78, 5) is 14.9. The molecule has 1 aliphatic heterocycles. The van der Waals surface area contributed by atoms with Crippen LogP contribution in [-0.4, -0.2) is 23.4 Å². The van der Waals surface area contributed by atoms with E-state index in [1.54, 1.807) is 0 Å². The molecule has 2 fully saturated rings. The maximum atomic E-state index is 12.8. The lowest BCUT2D eigenvalue weighted by Crippen LogP contribution is -2.42. The van der Waals surface area contributed by atoms with Crippen LogP contribution in [0.5, 0.6) is 0 Å².